The van der Waals surface area contributed by atoms with E-state index in [2.05, 4.69) is 15.6 Å². The molecule has 27 heavy (non-hydrogen) atoms. The van der Waals surface area contributed by atoms with E-state index >= 15 is 0 Å². The lowest BCUT2D eigenvalue weighted by Gasteiger charge is -2.11. The van der Waals surface area contributed by atoms with Crippen LogP contribution in [0, 0.1) is 24.0 Å². The molecule has 0 bridgehead atoms. The summed E-state index contributed by atoms with van der Waals surface area (Å²) in [6, 6.07) is 14.1. The SMILES string of the molecule is Cc1ccc(C(=O)NCCNc2cc(C)nc3c([N+](=O)[O-])cccc23)cc1. The normalized spacial score (nSPS) is 10.6. The van der Waals surface area contributed by atoms with Crippen molar-refractivity contribution < 1.29 is 9.72 Å². The summed E-state index contributed by atoms with van der Waals surface area (Å²) in [7, 11) is 0. The van der Waals surface area contributed by atoms with Gasteiger partial charge in [0.25, 0.3) is 11.6 Å². The van der Waals surface area contributed by atoms with Crippen LogP contribution in [0.5, 0.6) is 0 Å². The van der Waals surface area contributed by atoms with Gasteiger partial charge in [-0.15, -0.1) is 0 Å². The minimum absolute atomic E-state index is 0.0214. The zero-order chi connectivity index (χ0) is 19.4. The number of rotatable bonds is 6. The van der Waals surface area contributed by atoms with E-state index in [9.17, 15) is 14.9 Å². The van der Waals surface area contributed by atoms with E-state index in [0.29, 0.717) is 35.2 Å². The number of nitro groups is 1. The number of amides is 1. The summed E-state index contributed by atoms with van der Waals surface area (Å²) in [6.07, 6.45) is 0. The Labute approximate surface area is 156 Å². The van der Waals surface area contributed by atoms with Gasteiger partial charge in [0.2, 0.25) is 0 Å². The highest BCUT2D eigenvalue weighted by molar-refractivity contribution is 5.97. The van der Waals surface area contributed by atoms with Crippen LogP contribution in [0.1, 0.15) is 21.6 Å². The van der Waals surface area contributed by atoms with Crippen LogP contribution in [0.25, 0.3) is 10.9 Å². The van der Waals surface area contributed by atoms with Crippen LogP contribution in [0.4, 0.5) is 11.4 Å². The number of pyridine rings is 1. The number of hydrogen-bond donors (Lipinski definition) is 2. The predicted octanol–water partition coefficient (Wildman–Crippen LogP) is 3.60. The van der Waals surface area contributed by atoms with Gasteiger partial charge in [-0.3, -0.25) is 14.9 Å². The fraction of sp³-hybridized carbons (Fsp3) is 0.200. The number of benzene rings is 2. The summed E-state index contributed by atoms with van der Waals surface area (Å²) in [5.41, 5.74) is 3.48. The quantitative estimate of drug-likeness (QED) is 0.396. The van der Waals surface area contributed by atoms with Gasteiger partial charge in [0.1, 0.15) is 0 Å². The Morgan fingerprint density at radius 1 is 1.11 bits per heavy atom. The number of nitro benzene ring substituents is 1. The number of fused-ring (bicyclic) bond motifs is 1. The van der Waals surface area contributed by atoms with Gasteiger partial charge in [-0.05, 0) is 32.0 Å². The number of anilines is 1. The number of para-hydroxylation sites is 1. The van der Waals surface area contributed by atoms with E-state index in [0.717, 1.165) is 11.3 Å². The van der Waals surface area contributed by atoms with E-state index < -0.39 is 4.92 Å². The van der Waals surface area contributed by atoms with E-state index in [4.69, 9.17) is 0 Å². The topological polar surface area (TPSA) is 97.2 Å². The summed E-state index contributed by atoms with van der Waals surface area (Å²) in [6.45, 7) is 4.67. The van der Waals surface area contributed by atoms with Crippen LogP contribution >= 0.6 is 0 Å². The Kier molecular flexibility index (Phi) is 5.30. The first-order valence-electron chi connectivity index (χ1n) is 8.59. The Balaban J connectivity index is 1.68. The first-order valence-corrected chi connectivity index (χ1v) is 8.59. The minimum atomic E-state index is -0.430. The van der Waals surface area contributed by atoms with Gasteiger partial charge >= 0.3 is 0 Å². The van der Waals surface area contributed by atoms with E-state index in [1.54, 1.807) is 31.2 Å². The maximum absolute atomic E-state index is 12.1. The standard InChI is InChI=1S/C20H20N4O3/c1-13-6-8-15(9-7-13)20(25)22-11-10-21-17-12-14(2)23-19-16(17)4-3-5-18(19)24(26)27/h3-9,12H,10-11H2,1-2H3,(H,21,23)(H,22,25). The molecule has 2 N–H and O–H groups in total. The first kappa shape index (κ1) is 18.3. The highest BCUT2D eigenvalue weighted by Crippen LogP contribution is 2.29. The molecule has 0 aliphatic heterocycles. The van der Waals surface area contributed by atoms with Gasteiger partial charge in [-0.25, -0.2) is 4.98 Å². The van der Waals surface area contributed by atoms with Gasteiger partial charge in [-0.2, -0.15) is 0 Å². The zero-order valence-electron chi connectivity index (χ0n) is 15.2. The van der Waals surface area contributed by atoms with E-state index in [1.807, 2.05) is 25.1 Å². The van der Waals surface area contributed by atoms with Crippen LogP contribution in [0.3, 0.4) is 0 Å². The molecular weight excluding hydrogens is 344 g/mol. The summed E-state index contributed by atoms with van der Waals surface area (Å²) >= 11 is 0. The molecule has 1 amide bonds. The van der Waals surface area contributed by atoms with Gasteiger partial charge in [-0.1, -0.05) is 29.8 Å². The highest BCUT2D eigenvalue weighted by atomic mass is 16.6. The molecule has 0 saturated carbocycles. The van der Waals surface area contributed by atoms with Crippen molar-refractivity contribution in [2.24, 2.45) is 0 Å². The average Bonchev–Trinajstić information content (AvgIpc) is 2.64. The number of non-ortho nitro benzene ring substituents is 1. The maximum Gasteiger partial charge on any atom is 0.295 e. The van der Waals surface area contributed by atoms with Gasteiger partial charge in [0.05, 0.1) is 4.92 Å². The van der Waals surface area contributed by atoms with Gasteiger partial charge in [0, 0.05) is 41.5 Å². The molecule has 0 saturated heterocycles. The van der Waals surface area contributed by atoms with Crippen molar-refractivity contribution in [2.75, 3.05) is 18.4 Å². The Bertz CT molecular complexity index is 1000. The third-order valence-electron chi connectivity index (χ3n) is 4.18. The van der Waals surface area contributed by atoms with Gasteiger partial charge < -0.3 is 10.6 Å². The fourth-order valence-electron chi connectivity index (χ4n) is 2.84. The number of aryl methyl sites for hydroxylation is 2. The third kappa shape index (κ3) is 4.20. The highest BCUT2D eigenvalue weighted by Gasteiger charge is 2.15. The molecule has 1 heterocycles. The third-order valence-corrected chi connectivity index (χ3v) is 4.18. The molecule has 0 atom stereocenters. The molecule has 0 fully saturated rings. The number of hydrogen-bond acceptors (Lipinski definition) is 5. The monoisotopic (exact) mass is 364 g/mol. The second-order valence-corrected chi connectivity index (χ2v) is 6.29. The number of aromatic nitrogens is 1. The lowest BCUT2D eigenvalue weighted by molar-refractivity contribution is -0.383. The van der Waals surface area contributed by atoms with Crippen molar-refractivity contribution in [1.82, 2.24) is 10.3 Å². The van der Waals surface area contributed by atoms with Crippen molar-refractivity contribution in [3.8, 4) is 0 Å². The molecule has 3 aromatic rings. The fourth-order valence-corrected chi connectivity index (χ4v) is 2.84. The Hall–Kier alpha value is -3.48. The molecule has 7 heteroatoms. The summed E-state index contributed by atoms with van der Waals surface area (Å²) < 4.78 is 0. The molecule has 0 aliphatic carbocycles. The van der Waals surface area contributed by atoms with Crippen molar-refractivity contribution >= 4 is 28.2 Å². The second-order valence-electron chi connectivity index (χ2n) is 6.29. The number of nitrogens with zero attached hydrogens (tertiary/aromatic N) is 2. The summed E-state index contributed by atoms with van der Waals surface area (Å²) in [4.78, 5) is 27.2. The van der Waals surface area contributed by atoms with Crippen LogP contribution in [0.15, 0.2) is 48.5 Å². The smallest absolute Gasteiger partial charge is 0.295 e. The predicted molar refractivity (Wildman–Crippen MR) is 105 cm³/mol. The molecule has 7 nitrogen and oxygen atoms in total. The van der Waals surface area contributed by atoms with Crippen molar-refractivity contribution in [3.05, 3.63) is 75.5 Å². The molecule has 2 aromatic carbocycles. The van der Waals surface area contributed by atoms with Gasteiger partial charge in [0.15, 0.2) is 5.52 Å². The molecule has 0 unspecified atom stereocenters. The molecule has 0 radical (unpaired) electrons. The summed E-state index contributed by atoms with van der Waals surface area (Å²) in [5, 5.41) is 18.0. The van der Waals surface area contributed by atoms with Crippen LogP contribution in [-0.4, -0.2) is 28.9 Å². The average molecular weight is 364 g/mol. The molecule has 138 valence electrons. The Morgan fingerprint density at radius 2 is 1.85 bits per heavy atom. The number of carbonyl (C=O) groups excluding carboxylic acids is 1. The second kappa shape index (κ2) is 7.82. The molecule has 0 aliphatic rings. The van der Waals surface area contributed by atoms with Crippen molar-refractivity contribution in [3.63, 3.8) is 0 Å². The molecule has 0 spiro atoms. The molecular formula is C20H20N4O3. The lowest BCUT2D eigenvalue weighted by Crippen LogP contribution is -2.28. The largest absolute Gasteiger partial charge is 0.383 e. The van der Waals surface area contributed by atoms with Crippen LogP contribution < -0.4 is 10.6 Å². The van der Waals surface area contributed by atoms with E-state index in [1.165, 1.54) is 6.07 Å². The number of nitrogens with one attached hydrogen (secondary N) is 2. The van der Waals surface area contributed by atoms with Crippen LogP contribution in [-0.2, 0) is 0 Å². The lowest BCUT2D eigenvalue weighted by atomic mass is 10.1. The summed E-state index contributed by atoms with van der Waals surface area (Å²) in [5.74, 6) is -0.136. The zero-order valence-corrected chi connectivity index (χ0v) is 15.2. The first-order chi connectivity index (χ1) is 13.0. The molecule has 3 rings (SSSR count). The Morgan fingerprint density at radius 3 is 2.56 bits per heavy atom. The van der Waals surface area contributed by atoms with E-state index in [-0.39, 0.29) is 11.6 Å². The van der Waals surface area contributed by atoms with Crippen molar-refractivity contribution in [1.29, 1.82) is 0 Å². The van der Waals surface area contributed by atoms with Crippen LogP contribution in [0.2, 0.25) is 0 Å². The minimum Gasteiger partial charge on any atom is -0.383 e. The van der Waals surface area contributed by atoms with Crippen molar-refractivity contribution in [2.45, 2.75) is 13.8 Å². The maximum atomic E-state index is 12.1. The number of carbonyl (C=O) groups is 1. The molecule has 1 aromatic heterocycles.